The first-order valence-corrected chi connectivity index (χ1v) is 40.6. The highest BCUT2D eigenvalue weighted by Gasteiger charge is 2.73. The average molecular weight is 1740 g/mol. The fourth-order valence-electron chi connectivity index (χ4n) is 20.8. The first kappa shape index (κ1) is 89.4. The molecule has 0 bridgehead atoms. The van der Waals surface area contributed by atoms with Crippen molar-refractivity contribution in [1.82, 2.24) is 10.6 Å². The van der Waals surface area contributed by atoms with E-state index in [-0.39, 0.29) is 37.5 Å². The third-order valence-corrected chi connectivity index (χ3v) is 28.3. The van der Waals surface area contributed by atoms with Crippen molar-refractivity contribution in [3.05, 3.63) is 45.0 Å². The van der Waals surface area contributed by atoms with Crippen LogP contribution < -0.4 is 10.6 Å². The lowest BCUT2D eigenvalue weighted by Gasteiger charge is -2.71. The van der Waals surface area contributed by atoms with Gasteiger partial charge >= 0.3 is 11.9 Å². The van der Waals surface area contributed by atoms with E-state index in [1.807, 2.05) is 12.1 Å². The zero-order valence-electron chi connectivity index (χ0n) is 64.7. The number of hydrogen-bond donors (Lipinski definition) is 19. The summed E-state index contributed by atoms with van der Waals surface area (Å²) in [5.41, 5.74) is -4.62. The number of unbranched alkanes of at least 4 members (excludes halogenated alkanes) is 2. The maximum absolute atomic E-state index is 16.1. The van der Waals surface area contributed by atoms with E-state index < -0.39 is 273 Å². The molecule has 644 valence electrons. The summed E-state index contributed by atoms with van der Waals surface area (Å²) >= 11 is 2.14. The number of fused-ring (bicyclic) bond motifs is 7. The molecule has 10 fully saturated rings. The Morgan fingerprint density at radius 1 is 0.579 bits per heavy atom. The fraction of sp³-hybridized carbons (Fsp3) is 0.831. The Morgan fingerprint density at radius 3 is 1.81 bits per heavy atom. The summed E-state index contributed by atoms with van der Waals surface area (Å²) in [5.74, 6) is -5.08. The Hall–Kier alpha value is -3.84. The normalized spacial score (nSPS) is 48.1. The maximum Gasteiger partial charge on any atom is 0.335 e. The number of esters is 1. The van der Waals surface area contributed by atoms with Crippen LogP contribution in [0.3, 0.4) is 0 Å². The van der Waals surface area contributed by atoms with Crippen molar-refractivity contribution in [2.24, 2.45) is 50.2 Å². The first-order chi connectivity index (χ1) is 53.7. The topological polar surface area (TPSA) is 564 Å². The van der Waals surface area contributed by atoms with Crippen LogP contribution in [0.15, 0.2) is 35.9 Å². The van der Waals surface area contributed by atoms with Crippen molar-refractivity contribution in [1.29, 1.82) is 0 Å². The molecular formula is C77H115IN2O34. The summed E-state index contributed by atoms with van der Waals surface area (Å²) in [7, 11) is 0. The minimum Gasteiger partial charge on any atom is -0.479 e. The number of carboxylic acid groups (broad SMARTS) is 1. The zero-order chi connectivity index (χ0) is 83.0. The number of hydrogen-bond acceptors (Lipinski definition) is 33. The molecule has 6 heterocycles. The van der Waals surface area contributed by atoms with E-state index in [0.29, 0.717) is 69.9 Å². The number of ether oxygens (including phenoxy) is 12. The Labute approximate surface area is 672 Å². The molecule has 36 nitrogen and oxygen atoms in total. The summed E-state index contributed by atoms with van der Waals surface area (Å²) in [6, 6.07) is 5.54. The molecule has 4 saturated carbocycles. The standard InChI is InChI=1S/C77H115IN2O34/c1-32-58(109-65-53(94)47(88)37(84)29-103-65)52(93)56(97)67(105-32)112-61-50(91)46(80-45(87)11-9-8-10-24-79-63(99)33-12-14-34(78)15-13-33)39(27-81)106-69(61)114-71(102)77-23-22-72(2,3)25-36(77)35-16-17-42-73(4)20-19-44(74(5,31-83)41(73)18-21-75(42,6)76(35,7)26-43(77)86)108-70-62(113-68-55(96)51(92)49(90)40(28-82)107-68)59(57(98)60(111-70)64(100)101)110-66-54(95)48(89)38(85)30-104-66/h12-16,31-32,36-44,46-62,65-70,81-82,84-86,88-98H,8-11,17-30H2,1-7H3,(H,79,99)(H,80,87)(H,100,101)/t32-,36-,37+,38+,39+,40+,41+,42+,43+,44-,46-,47-,48-,49-,50-,51-,52-,53+,54+,55+,56+,57-,58-,59-,60-,61+,62+,65-,66-,67-,68-,69-,70+,73-,74-,75+,76+,77+/m0/s1. The van der Waals surface area contributed by atoms with Crippen molar-refractivity contribution >= 4 is 52.6 Å². The number of halogens is 1. The number of carbonyl (C=O) groups excluding carboxylic acids is 4. The monoisotopic (exact) mass is 1740 g/mol. The number of rotatable bonds is 24. The van der Waals surface area contributed by atoms with Crippen molar-refractivity contribution < 1.29 is 168 Å². The quantitative estimate of drug-likeness (QED) is 0.0122. The Morgan fingerprint density at radius 2 is 1.18 bits per heavy atom. The largest absolute Gasteiger partial charge is 0.479 e. The maximum atomic E-state index is 16.1. The van der Waals surface area contributed by atoms with Gasteiger partial charge in [-0.3, -0.25) is 14.4 Å². The van der Waals surface area contributed by atoms with Gasteiger partial charge in [0.1, 0.15) is 122 Å². The second-order valence-electron chi connectivity index (χ2n) is 35.0. The van der Waals surface area contributed by atoms with Crippen LogP contribution in [0.2, 0.25) is 0 Å². The van der Waals surface area contributed by atoms with Gasteiger partial charge in [0.15, 0.2) is 43.7 Å². The molecule has 1 aromatic rings. The lowest BCUT2D eigenvalue weighted by Crippen LogP contribution is -2.70. The number of aliphatic carboxylic acids is 1. The SMILES string of the molecule is C[C@@H]1O[C@@H](O[C@H]2[C@H](OC(=O)[C@]34CCC(C)(C)C[C@H]3C3=CC[C@@H]5[C@@]6(C)CC[C@H](O[C@@H]7O[C@H](C(=O)O)[C@@H](O)[C@H](O[C@@H]8OC[C@@H](O)[C@H](O)[C@H]8O)[C@H]7O[C@@H]7O[C@H](CO)[C@H](O)[C@H](O)[C@H]7O)[C@@](C)(C=O)[C@@H]6CC[C@@]5(C)[C@]3(C)C[C@H]4O)O[C@H](CO)[C@H](NC(=O)CCCCCNC(=O)c3ccc(I)cc3)[C@@H]2O)[C@H](O)[C@H](O)[C@H]1O[C@@H]1OC[C@@H](O)[C@H](O)[C@H]1O. The predicted molar refractivity (Wildman–Crippen MR) is 393 cm³/mol. The summed E-state index contributed by atoms with van der Waals surface area (Å²) in [4.78, 5) is 70.1. The molecular weight excluding hydrogens is 1620 g/mol. The molecule has 1 aromatic carbocycles. The number of nitrogens with one attached hydrogen (secondary N) is 2. The highest BCUT2D eigenvalue weighted by atomic mass is 127. The molecule has 0 aromatic heterocycles. The molecule has 12 rings (SSSR count). The van der Waals surface area contributed by atoms with Crippen LogP contribution in [-0.4, -0.2) is 334 Å². The number of allylic oxidation sites excluding steroid dienone is 2. The van der Waals surface area contributed by atoms with Gasteiger partial charge in [0.2, 0.25) is 12.2 Å². The number of benzene rings is 1. The van der Waals surface area contributed by atoms with Gasteiger partial charge in [0, 0.05) is 22.1 Å². The van der Waals surface area contributed by atoms with Crippen LogP contribution >= 0.6 is 22.6 Å². The highest BCUT2D eigenvalue weighted by molar-refractivity contribution is 14.1. The minimum atomic E-state index is -2.23. The fourth-order valence-corrected chi connectivity index (χ4v) is 21.1. The number of aliphatic hydroxyl groups is 16. The van der Waals surface area contributed by atoms with Crippen LogP contribution in [0.1, 0.15) is 142 Å². The van der Waals surface area contributed by atoms with Crippen molar-refractivity contribution in [3.8, 4) is 0 Å². The second-order valence-corrected chi connectivity index (χ2v) is 36.2. The third-order valence-electron chi connectivity index (χ3n) is 27.6. The van der Waals surface area contributed by atoms with Crippen molar-refractivity contribution in [2.45, 2.75) is 316 Å². The lowest BCUT2D eigenvalue weighted by molar-refractivity contribution is -0.391. The van der Waals surface area contributed by atoms with Crippen LogP contribution in [0.4, 0.5) is 0 Å². The van der Waals surface area contributed by atoms with Gasteiger partial charge < -0.3 is 159 Å². The number of aliphatic hydroxyl groups excluding tert-OH is 16. The second kappa shape index (κ2) is 35.3. The van der Waals surface area contributed by atoms with Crippen LogP contribution in [0.5, 0.6) is 0 Å². The number of carboxylic acids is 1. The smallest absolute Gasteiger partial charge is 0.335 e. The molecule has 0 spiro atoms. The number of carbonyl (C=O) groups is 5. The van der Waals surface area contributed by atoms with Crippen LogP contribution in [0, 0.1) is 53.8 Å². The van der Waals surface area contributed by atoms with E-state index in [1.165, 1.54) is 6.92 Å². The van der Waals surface area contributed by atoms with Crippen molar-refractivity contribution in [2.75, 3.05) is 33.0 Å². The molecule has 114 heavy (non-hydrogen) atoms. The molecule has 5 aliphatic carbocycles. The van der Waals surface area contributed by atoms with Gasteiger partial charge in [-0.15, -0.1) is 0 Å². The molecule has 0 unspecified atom stereocenters. The zero-order valence-corrected chi connectivity index (χ0v) is 66.8. The Balaban J connectivity index is 0.802. The third kappa shape index (κ3) is 16.6. The summed E-state index contributed by atoms with van der Waals surface area (Å²) in [6.07, 6.45) is -45.9. The van der Waals surface area contributed by atoms with E-state index >= 15 is 4.79 Å². The lowest BCUT2D eigenvalue weighted by atomic mass is 9.33. The van der Waals surface area contributed by atoms with Gasteiger partial charge in [0.05, 0.1) is 56.2 Å². The Bertz CT molecular complexity index is 3550. The molecule has 19 N–H and O–H groups in total. The van der Waals surface area contributed by atoms with E-state index in [0.717, 1.165) is 15.4 Å². The Kier molecular flexibility index (Phi) is 27.7. The molecule has 37 heteroatoms. The molecule has 38 atom stereocenters. The molecule has 2 amide bonds. The van der Waals surface area contributed by atoms with E-state index in [9.17, 15) is 106 Å². The summed E-state index contributed by atoms with van der Waals surface area (Å²) in [6.45, 7) is 11.1. The van der Waals surface area contributed by atoms with Gasteiger partial charge in [-0.2, -0.15) is 0 Å². The predicted octanol–water partition coefficient (Wildman–Crippen LogP) is -3.12. The summed E-state index contributed by atoms with van der Waals surface area (Å²) in [5, 5.41) is 195. The van der Waals surface area contributed by atoms with Gasteiger partial charge in [-0.05, 0) is 164 Å². The average Bonchev–Trinajstić information content (AvgIpc) is 0.669. The number of aldehydes is 1. The van der Waals surface area contributed by atoms with E-state index in [4.69, 9.17) is 56.8 Å². The van der Waals surface area contributed by atoms with Gasteiger partial charge in [-0.25, -0.2) is 4.79 Å². The minimum absolute atomic E-state index is 0.000676. The van der Waals surface area contributed by atoms with Gasteiger partial charge in [-0.1, -0.05) is 59.6 Å². The van der Waals surface area contributed by atoms with E-state index in [1.54, 1.807) is 19.1 Å². The van der Waals surface area contributed by atoms with Gasteiger partial charge in [0.25, 0.3) is 5.91 Å². The molecule has 6 aliphatic heterocycles. The molecule has 11 aliphatic rings. The number of amides is 2. The molecule has 0 radical (unpaired) electrons. The summed E-state index contributed by atoms with van der Waals surface area (Å²) < 4.78 is 74.0. The first-order valence-electron chi connectivity index (χ1n) is 39.6. The van der Waals surface area contributed by atoms with Crippen LogP contribution in [0.25, 0.3) is 0 Å². The molecule has 6 saturated heterocycles. The van der Waals surface area contributed by atoms with E-state index in [2.05, 4.69) is 73.9 Å². The highest BCUT2D eigenvalue weighted by Crippen LogP contribution is 2.76. The van der Waals surface area contributed by atoms with Crippen molar-refractivity contribution in [3.63, 3.8) is 0 Å². The van der Waals surface area contributed by atoms with Crippen LogP contribution in [-0.2, 0) is 76.0 Å².